The number of aryl methyl sites for hydroxylation is 1. The number of hydrogen-bond donors (Lipinski definition) is 1. The van der Waals surface area contributed by atoms with Gasteiger partial charge in [0, 0.05) is 38.4 Å². The van der Waals surface area contributed by atoms with Gasteiger partial charge in [-0.3, -0.25) is 4.79 Å². The second-order valence-electron chi connectivity index (χ2n) is 7.72. The first-order chi connectivity index (χ1) is 13.4. The van der Waals surface area contributed by atoms with Crippen molar-refractivity contribution in [3.8, 4) is 0 Å². The Hall–Kier alpha value is -2.19. The number of hydrogen-bond acceptors (Lipinski definition) is 7. The van der Waals surface area contributed by atoms with Crippen LogP contribution in [0.2, 0.25) is 0 Å². The van der Waals surface area contributed by atoms with Crippen molar-refractivity contribution in [2.75, 3.05) is 26.7 Å². The summed E-state index contributed by atoms with van der Waals surface area (Å²) in [5.74, 6) is 1.76. The zero-order chi connectivity index (χ0) is 20.3. The van der Waals surface area contributed by atoms with Gasteiger partial charge in [0.15, 0.2) is 5.82 Å². The highest BCUT2D eigenvalue weighted by Gasteiger charge is 2.24. The maximum Gasteiger partial charge on any atom is 0.349 e. The molecule has 0 aliphatic carbocycles. The summed E-state index contributed by atoms with van der Waals surface area (Å²) in [6, 6.07) is 1.83. The molecule has 1 aliphatic heterocycles. The Morgan fingerprint density at radius 2 is 2.17 bits per heavy atom. The van der Waals surface area contributed by atoms with E-state index in [1.54, 1.807) is 14.0 Å². The van der Waals surface area contributed by atoms with E-state index in [1.165, 1.54) is 4.90 Å². The Morgan fingerprint density at radius 1 is 1.41 bits per heavy atom. The van der Waals surface area contributed by atoms with Crippen molar-refractivity contribution in [3.63, 3.8) is 0 Å². The maximum atomic E-state index is 12.8. The predicted molar refractivity (Wildman–Crippen MR) is 111 cm³/mol. The van der Waals surface area contributed by atoms with Crippen LogP contribution >= 0.6 is 12.4 Å². The molecule has 1 atom stereocenters. The SMILES string of the molecule is Cc1cc(C2CCCNC2)oc(=O)c1C(=O)N(C)CCc1noc(C(C)C)n1.Cl. The van der Waals surface area contributed by atoms with Crippen molar-refractivity contribution in [2.45, 2.75) is 51.9 Å². The van der Waals surface area contributed by atoms with E-state index in [1.807, 2.05) is 19.9 Å². The first-order valence-electron chi connectivity index (χ1n) is 9.80. The molecule has 29 heavy (non-hydrogen) atoms. The zero-order valence-corrected chi connectivity index (χ0v) is 18.2. The molecule has 0 bridgehead atoms. The van der Waals surface area contributed by atoms with Gasteiger partial charge in [-0.25, -0.2) is 4.79 Å². The number of aromatic nitrogens is 2. The molecule has 2 aromatic heterocycles. The number of carbonyl (C=O) groups excluding carboxylic acids is 1. The van der Waals surface area contributed by atoms with Crippen molar-refractivity contribution >= 4 is 18.3 Å². The van der Waals surface area contributed by atoms with Gasteiger partial charge in [-0.1, -0.05) is 19.0 Å². The Balaban J connectivity index is 0.00000300. The highest BCUT2D eigenvalue weighted by atomic mass is 35.5. The molecule has 1 amide bonds. The third-order valence-corrected chi connectivity index (χ3v) is 5.08. The highest BCUT2D eigenvalue weighted by Crippen LogP contribution is 2.24. The van der Waals surface area contributed by atoms with E-state index in [0.717, 1.165) is 25.9 Å². The number of amides is 1. The maximum absolute atomic E-state index is 12.8. The summed E-state index contributed by atoms with van der Waals surface area (Å²) in [7, 11) is 1.66. The summed E-state index contributed by atoms with van der Waals surface area (Å²) >= 11 is 0. The first kappa shape index (κ1) is 23.1. The van der Waals surface area contributed by atoms with Crippen molar-refractivity contribution in [2.24, 2.45) is 0 Å². The molecule has 0 saturated carbocycles. The van der Waals surface area contributed by atoms with Gasteiger partial charge in [0.05, 0.1) is 0 Å². The monoisotopic (exact) mass is 424 g/mol. The van der Waals surface area contributed by atoms with E-state index in [4.69, 9.17) is 8.94 Å². The molecule has 0 aromatic carbocycles. The number of likely N-dealkylation sites (N-methyl/N-ethyl adjacent to an activating group) is 1. The summed E-state index contributed by atoms with van der Waals surface area (Å²) in [4.78, 5) is 31.1. The van der Waals surface area contributed by atoms with Crippen LogP contribution in [0.4, 0.5) is 0 Å². The van der Waals surface area contributed by atoms with Gasteiger partial charge in [0.2, 0.25) is 5.89 Å². The summed E-state index contributed by atoms with van der Waals surface area (Å²) in [5.41, 5.74) is 0.167. The summed E-state index contributed by atoms with van der Waals surface area (Å²) in [6.45, 7) is 7.89. The summed E-state index contributed by atoms with van der Waals surface area (Å²) in [5, 5.41) is 7.24. The van der Waals surface area contributed by atoms with Gasteiger partial charge >= 0.3 is 5.63 Å². The minimum absolute atomic E-state index is 0. The smallest absolute Gasteiger partial charge is 0.349 e. The Kier molecular flexibility index (Phi) is 7.98. The molecule has 3 heterocycles. The average Bonchev–Trinajstić information content (AvgIpc) is 3.15. The number of halogens is 1. The summed E-state index contributed by atoms with van der Waals surface area (Å²) in [6.07, 6.45) is 2.48. The van der Waals surface area contributed by atoms with Crippen LogP contribution in [0, 0.1) is 6.92 Å². The molecule has 3 rings (SSSR count). The largest absolute Gasteiger partial charge is 0.427 e. The third-order valence-electron chi connectivity index (χ3n) is 5.08. The van der Waals surface area contributed by atoms with Gasteiger partial charge in [0.25, 0.3) is 5.91 Å². The standard InChI is InChI=1S/C20H28N4O4.ClH/c1-12(2)18-22-16(23-28-18)7-9-24(4)19(25)17-13(3)10-15(27-20(17)26)14-6-5-8-21-11-14;/h10,12,14,21H,5-9,11H2,1-4H3;1H. The van der Waals surface area contributed by atoms with Crippen LogP contribution in [0.1, 0.15) is 71.9 Å². The predicted octanol–water partition coefficient (Wildman–Crippen LogP) is 2.66. The topological polar surface area (TPSA) is 101 Å². The van der Waals surface area contributed by atoms with Gasteiger partial charge in [-0.2, -0.15) is 4.98 Å². The molecule has 1 aliphatic rings. The average molecular weight is 425 g/mol. The lowest BCUT2D eigenvalue weighted by Gasteiger charge is -2.22. The Labute approximate surface area is 176 Å². The lowest BCUT2D eigenvalue weighted by molar-refractivity contribution is 0.0789. The van der Waals surface area contributed by atoms with Crippen molar-refractivity contribution in [3.05, 3.63) is 45.1 Å². The molecule has 0 spiro atoms. The van der Waals surface area contributed by atoms with Crippen molar-refractivity contribution in [1.82, 2.24) is 20.4 Å². The van der Waals surface area contributed by atoms with E-state index in [9.17, 15) is 9.59 Å². The van der Waals surface area contributed by atoms with Gasteiger partial charge in [0.1, 0.15) is 11.3 Å². The van der Waals surface area contributed by atoms with E-state index < -0.39 is 5.63 Å². The van der Waals surface area contributed by atoms with Crippen molar-refractivity contribution in [1.29, 1.82) is 0 Å². The number of nitrogens with one attached hydrogen (secondary N) is 1. The van der Waals surface area contributed by atoms with Crippen LogP contribution in [0.3, 0.4) is 0 Å². The molecule has 8 nitrogen and oxygen atoms in total. The van der Waals surface area contributed by atoms with Gasteiger partial charge in [-0.05, 0) is 37.9 Å². The summed E-state index contributed by atoms with van der Waals surface area (Å²) < 4.78 is 10.7. The molecule has 2 aromatic rings. The fraction of sp³-hybridized carbons (Fsp3) is 0.600. The van der Waals surface area contributed by atoms with E-state index in [-0.39, 0.29) is 35.7 Å². The number of rotatable bonds is 6. The quantitative estimate of drug-likeness (QED) is 0.760. The van der Waals surface area contributed by atoms with Crippen LogP contribution in [0.5, 0.6) is 0 Å². The Bertz CT molecular complexity index is 887. The molecule has 9 heteroatoms. The van der Waals surface area contributed by atoms with Gasteiger partial charge in [-0.15, -0.1) is 12.4 Å². The van der Waals surface area contributed by atoms with Crippen molar-refractivity contribution < 1.29 is 13.7 Å². The zero-order valence-electron chi connectivity index (χ0n) is 17.4. The molecule has 1 N–H and O–H groups in total. The van der Waals surface area contributed by atoms with Crippen LogP contribution in [-0.2, 0) is 6.42 Å². The molecule has 160 valence electrons. The fourth-order valence-corrected chi connectivity index (χ4v) is 3.35. The molecule has 0 radical (unpaired) electrons. The van der Waals surface area contributed by atoms with Crippen LogP contribution < -0.4 is 10.9 Å². The van der Waals surface area contributed by atoms with E-state index in [0.29, 0.717) is 36.0 Å². The molecule has 1 unspecified atom stereocenters. The fourth-order valence-electron chi connectivity index (χ4n) is 3.35. The lowest BCUT2D eigenvalue weighted by atomic mass is 9.95. The number of carbonyl (C=O) groups is 1. The first-order valence-corrected chi connectivity index (χ1v) is 9.80. The molecule has 1 saturated heterocycles. The minimum atomic E-state index is -0.570. The minimum Gasteiger partial charge on any atom is -0.427 e. The molecule has 1 fully saturated rings. The van der Waals surface area contributed by atoms with E-state index >= 15 is 0 Å². The molecular weight excluding hydrogens is 396 g/mol. The lowest BCUT2D eigenvalue weighted by Crippen LogP contribution is -2.34. The number of piperidine rings is 1. The normalized spacial score (nSPS) is 16.5. The van der Waals surface area contributed by atoms with Crippen LogP contribution in [0.25, 0.3) is 0 Å². The second-order valence-corrected chi connectivity index (χ2v) is 7.72. The molecular formula is C20H29ClN4O4. The van der Waals surface area contributed by atoms with E-state index in [2.05, 4.69) is 15.5 Å². The second kappa shape index (κ2) is 10.0. The Morgan fingerprint density at radius 3 is 2.76 bits per heavy atom. The van der Waals surface area contributed by atoms with Gasteiger partial charge < -0.3 is 19.2 Å². The number of nitrogens with zero attached hydrogens (tertiary/aromatic N) is 3. The third kappa shape index (κ3) is 5.45. The highest BCUT2D eigenvalue weighted by molar-refractivity contribution is 5.95. The van der Waals surface area contributed by atoms with Crippen LogP contribution in [-0.4, -0.2) is 47.6 Å². The van der Waals surface area contributed by atoms with Crippen LogP contribution in [0.15, 0.2) is 19.8 Å².